The van der Waals surface area contributed by atoms with Gasteiger partial charge in [-0.1, -0.05) is 37.3 Å². The highest BCUT2D eigenvalue weighted by molar-refractivity contribution is 14.1. The van der Waals surface area contributed by atoms with Crippen molar-refractivity contribution in [3.05, 3.63) is 103 Å². The van der Waals surface area contributed by atoms with Crippen LogP contribution in [-0.4, -0.2) is 20.6 Å². The van der Waals surface area contributed by atoms with Gasteiger partial charge in [0.15, 0.2) is 0 Å². The van der Waals surface area contributed by atoms with Gasteiger partial charge in [-0.25, -0.2) is 4.98 Å². The minimum absolute atomic E-state index is 0.147. The summed E-state index contributed by atoms with van der Waals surface area (Å²) in [4.78, 5) is 30.1. The number of benzene rings is 2. The van der Waals surface area contributed by atoms with Gasteiger partial charge in [-0.2, -0.15) is 0 Å². The molecule has 0 saturated carbocycles. The third-order valence-corrected chi connectivity index (χ3v) is 7.50. The van der Waals surface area contributed by atoms with Crippen molar-refractivity contribution in [2.75, 3.05) is 0 Å². The van der Waals surface area contributed by atoms with E-state index >= 15 is 0 Å². The van der Waals surface area contributed by atoms with Crippen molar-refractivity contribution in [2.24, 2.45) is 0 Å². The minimum atomic E-state index is -1.41. The largest absolute Gasteiger partial charge is 0.489 e. The van der Waals surface area contributed by atoms with Crippen molar-refractivity contribution < 1.29 is 19.4 Å². The molecule has 8 heteroatoms. The lowest BCUT2D eigenvalue weighted by atomic mass is 9.86. The molecule has 1 N–H and O–H groups in total. The number of carbonyl (C=O) groups is 1. The summed E-state index contributed by atoms with van der Waals surface area (Å²) in [5.74, 6) is 0.225. The molecule has 0 amide bonds. The fraction of sp³-hybridized carbons (Fsp3) is 0.250. The van der Waals surface area contributed by atoms with Crippen LogP contribution in [0.3, 0.4) is 0 Å². The zero-order valence-corrected chi connectivity index (χ0v) is 21.9. The maximum absolute atomic E-state index is 13.3. The molecule has 7 nitrogen and oxygen atoms in total. The number of pyridine rings is 2. The molecule has 1 aliphatic rings. The number of ether oxygens (including phenoxy) is 2. The quantitative estimate of drug-likeness (QED) is 0.198. The number of aliphatic hydroxyl groups is 1. The zero-order chi connectivity index (χ0) is 25.3. The number of esters is 1. The van der Waals surface area contributed by atoms with E-state index in [0.717, 1.165) is 31.5 Å². The summed E-state index contributed by atoms with van der Waals surface area (Å²) in [6, 6.07) is 19.5. The molecule has 2 aromatic heterocycles. The highest BCUT2D eigenvalue weighted by atomic mass is 127. The molecule has 184 valence electrons. The maximum Gasteiger partial charge on any atom is 0.309 e. The van der Waals surface area contributed by atoms with E-state index in [0.29, 0.717) is 30.7 Å². The van der Waals surface area contributed by atoms with Crippen LogP contribution in [0.4, 0.5) is 0 Å². The van der Waals surface area contributed by atoms with Gasteiger partial charge >= 0.3 is 5.97 Å². The predicted molar refractivity (Wildman–Crippen MR) is 144 cm³/mol. The third kappa shape index (κ3) is 4.87. The van der Waals surface area contributed by atoms with Crippen LogP contribution in [-0.2, 0) is 34.9 Å². The normalized spacial score (nSPS) is 17.4. The molecule has 0 bridgehead atoms. The molecule has 0 spiro atoms. The molecule has 0 radical (unpaired) electrons. The van der Waals surface area contributed by atoms with Crippen molar-refractivity contribution in [1.82, 2.24) is 9.55 Å². The first-order valence-electron chi connectivity index (χ1n) is 11.7. The molecule has 1 atom stereocenters. The highest BCUT2D eigenvalue weighted by Gasteiger charge is 2.37. The summed E-state index contributed by atoms with van der Waals surface area (Å²) in [7, 11) is 0. The van der Waals surface area contributed by atoms with Gasteiger partial charge in [0.2, 0.25) is 0 Å². The monoisotopic (exact) mass is 596 g/mol. The van der Waals surface area contributed by atoms with Crippen LogP contribution in [0.5, 0.6) is 5.75 Å². The van der Waals surface area contributed by atoms with Crippen molar-refractivity contribution in [1.29, 1.82) is 0 Å². The van der Waals surface area contributed by atoms with E-state index in [1.165, 1.54) is 0 Å². The summed E-state index contributed by atoms with van der Waals surface area (Å²) < 4.78 is 13.5. The minimum Gasteiger partial charge on any atom is -0.489 e. The average molecular weight is 596 g/mol. The first kappa shape index (κ1) is 24.5. The van der Waals surface area contributed by atoms with E-state index in [1.54, 1.807) is 23.8 Å². The predicted octanol–water partition coefficient (Wildman–Crippen LogP) is 4.67. The van der Waals surface area contributed by atoms with Crippen molar-refractivity contribution in [2.45, 2.75) is 45.1 Å². The number of hydrogen-bond acceptors (Lipinski definition) is 6. The van der Waals surface area contributed by atoms with Gasteiger partial charge in [0.05, 0.1) is 24.0 Å². The second-order valence-corrected chi connectivity index (χ2v) is 9.95. The van der Waals surface area contributed by atoms with Gasteiger partial charge in [-0.3, -0.25) is 9.59 Å². The van der Waals surface area contributed by atoms with E-state index in [9.17, 15) is 14.7 Å². The molecule has 36 heavy (non-hydrogen) atoms. The molecule has 4 aromatic rings. The number of halogens is 1. The summed E-state index contributed by atoms with van der Waals surface area (Å²) in [6.07, 6.45) is 1.80. The first-order chi connectivity index (χ1) is 17.4. The van der Waals surface area contributed by atoms with Gasteiger partial charge in [0.25, 0.3) is 5.56 Å². The smallest absolute Gasteiger partial charge is 0.309 e. The third-order valence-electron chi connectivity index (χ3n) is 6.57. The Balaban J connectivity index is 1.45. The maximum atomic E-state index is 13.3. The topological polar surface area (TPSA) is 90.7 Å². The molecule has 1 unspecified atom stereocenters. The Morgan fingerprint density at radius 1 is 1.14 bits per heavy atom. The molecule has 5 rings (SSSR count). The lowest BCUT2D eigenvalue weighted by Gasteiger charge is -2.25. The fourth-order valence-corrected chi connectivity index (χ4v) is 5.06. The van der Waals surface area contributed by atoms with Crippen LogP contribution < -0.4 is 10.3 Å². The molecular weight excluding hydrogens is 571 g/mol. The summed E-state index contributed by atoms with van der Waals surface area (Å²) in [5, 5.41) is 11.9. The number of fused-ring (bicyclic) bond motifs is 2. The van der Waals surface area contributed by atoms with E-state index < -0.39 is 11.6 Å². The lowest BCUT2D eigenvalue weighted by molar-refractivity contribution is -0.149. The number of aromatic nitrogens is 2. The standard InChI is InChI=1S/C28H25IN2O5/c1-2-28(34)14-25(32)36-17-22-23(28)10-11-31(27(22)33)15-20-12-19-13-21(8-9-24(19)30-26(20)29)35-16-18-6-4-3-5-7-18/h3-13,34H,2,14-17H2,1H3. The Kier molecular flexibility index (Phi) is 6.81. The fourth-order valence-electron chi connectivity index (χ4n) is 4.47. The van der Waals surface area contributed by atoms with Crippen LogP contribution in [0.2, 0.25) is 0 Å². The van der Waals surface area contributed by atoms with Crippen molar-refractivity contribution in [3.8, 4) is 5.75 Å². The molecule has 1 aliphatic heterocycles. The number of hydrogen-bond donors (Lipinski definition) is 1. The number of cyclic esters (lactones) is 1. The van der Waals surface area contributed by atoms with E-state index in [-0.39, 0.29) is 18.6 Å². The van der Waals surface area contributed by atoms with Gasteiger partial charge in [0, 0.05) is 17.1 Å². The Morgan fingerprint density at radius 2 is 1.94 bits per heavy atom. The molecule has 3 heterocycles. The molecule has 0 saturated heterocycles. The van der Waals surface area contributed by atoms with Gasteiger partial charge in [-0.15, -0.1) is 0 Å². The lowest BCUT2D eigenvalue weighted by Crippen LogP contribution is -2.32. The van der Waals surface area contributed by atoms with Crippen LogP contribution in [0, 0.1) is 3.70 Å². The Bertz CT molecular complexity index is 1500. The number of nitrogens with zero attached hydrogens (tertiary/aromatic N) is 2. The molecule has 0 aliphatic carbocycles. The second kappa shape index (κ2) is 10.0. The van der Waals surface area contributed by atoms with Crippen molar-refractivity contribution in [3.63, 3.8) is 0 Å². The molecule has 2 aromatic carbocycles. The number of carbonyl (C=O) groups excluding carboxylic acids is 1. The summed E-state index contributed by atoms with van der Waals surface area (Å²) in [5.41, 5.74) is 1.88. The van der Waals surface area contributed by atoms with Crippen LogP contribution in [0.15, 0.2) is 71.7 Å². The Morgan fingerprint density at radius 3 is 2.72 bits per heavy atom. The summed E-state index contributed by atoms with van der Waals surface area (Å²) >= 11 is 2.18. The molecule has 0 fully saturated rings. The van der Waals surface area contributed by atoms with Crippen LogP contribution in [0.25, 0.3) is 10.9 Å². The second-order valence-electron chi connectivity index (χ2n) is 8.93. The Hall–Kier alpha value is -3.24. The van der Waals surface area contributed by atoms with Gasteiger partial charge in [0.1, 0.15) is 28.3 Å². The SMILES string of the molecule is CCC1(O)CC(=O)OCc2c1ccn(Cc1cc3cc(OCc4ccccc4)ccc3nc1I)c2=O. The Labute approximate surface area is 221 Å². The number of rotatable bonds is 6. The zero-order valence-electron chi connectivity index (χ0n) is 19.7. The van der Waals surface area contributed by atoms with Gasteiger partial charge < -0.3 is 19.1 Å². The van der Waals surface area contributed by atoms with Crippen LogP contribution >= 0.6 is 22.6 Å². The van der Waals surface area contributed by atoms with E-state index in [1.807, 2.05) is 54.6 Å². The first-order valence-corrected chi connectivity index (χ1v) is 12.8. The average Bonchev–Trinajstić information content (AvgIpc) is 3.01. The highest BCUT2D eigenvalue weighted by Crippen LogP contribution is 2.33. The van der Waals surface area contributed by atoms with E-state index in [2.05, 4.69) is 22.6 Å². The molecular formula is C28H25IN2O5. The summed E-state index contributed by atoms with van der Waals surface area (Å²) in [6.45, 7) is 2.40. The van der Waals surface area contributed by atoms with Crippen molar-refractivity contribution >= 4 is 39.5 Å². The van der Waals surface area contributed by atoms with E-state index in [4.69, 9.17) is 14.5 Å². The van der Waals surface area contributed by atoms with Crippen LogP contribution in [0.1, 0.15) is 42.0 Å². The van der Waals surface area contributed by atoms with Gasteiger partial charge in [-0.05, 0) is 70.5 Å².